The molecule has 0 fully saturated rings. The summed E-state index contributed by atoms with van der Waals surface area (Å²) in [5.74, 6) is 1.14. The molecular weight excluding hydrogens is 576 g/mol. The zero-order valence-corrected chi connectivity index (χ0v) is 25.5. The molecule has 8 rings (SSSR count). The molecule has 2 aromatic heterocycles. The fourth-order valence-corrected chi connectivity index (χ4v) is 6.00. The maximum absolute atomic E-state index is 7.02. The van der Waals surface area contributed by atoms with Crippen LogP contribution in [0.4, 0.5) is 34.1 Å². The van der Waals surface area contributed by atoms with Gasteiger partial charge in [0.15, 0.2) is 5.75 Å². The average Bonchev–Trinajstić information content (AvgIpc) is 3.15. The van der Waals surface area contributed by atoms with Gasteiger partial charge in [-0.15, -0.1) is 0 Å². The van der Waals surface area contributed by atoms with Crippen molar-refractivity contribution in [1.82, 2.24) is 9.97 Å². The summed E-state index contributed by atoms with van der Waals surface area (Å²) in [4.78, 5) is 14.2. The number of anilines is 6. The summed E-state index contributed by atoms with van der Waals surface area (Å²) in [6.45, 7) is 0. The molecule has 47 heavy (non-hydrogen) atoms. The third-order valence-corrected chi connectivity index (χ3v) is 8.13. The second-order valence-corrected chi connectivity index (χ2v) is 11.1. The Morgan fingerprint density at radius 1 is 0.383 bits per heavy atom. The zero-order valence-electron chi connectivity index (χ0n) is 25.5. The minimum absolute atomic E-state index is 0.478. The van der Waals surface area contributed by atoms with E-state index in [0.717, 1.165) is 55.9 Å². The largest absolute Gasteiger partial charge is 0.435 e. The zero-order chi connectivity index (χ0) is 31.4. The third-order valence-electron chi connectivity index (χ3n) is 8.13. The van der Waals surface area contributed by atoms with Crippen molar-refractivity contribution < 1.29 is 4.74 Å². The van der Waals surface area contributed by atoms with Crippen LogP contribution in [0.1, 0.15) is 0 Å². The number of hydrogen-bond acceptors (Lipinski definition) is 5. The van der Waals surface area contributed by atoms with E-state index < -0.39 is 0 Å². The van der Waals surface area contributed by atoms with Gasteiger partial charge in [-0.3, -0.25) is 4.98 Å². The van der Waals surface area contributed by atoms with Gasteiger partial charge in [0.25, 0.3) is 0 Å². The van der Waals surface area contributed by atoms with Crippen molar-refractivity contribution in [2.45, 2.75) is 0 Å². The lowest BCUT2D eigenvalue weighted by molar-refractivity contribution is 0.467. The van der Waals surface area contributed by atoms with Crippen molar-refractivity contribution in [2.75, 3.05) is 9.80 Å². The van der Waals surface area contributed by atoms with E-state index in [1.54, 1.807) is 6.20 Å². The number of ether oxygens (including phenoxy) is 1. The molecule has 0 aliphatic rings. The van der Waals surface area contributed by atoms with Crippen molar-refractivity contribution >= 4 is 55.9 Å². The molecule has 8 aromatic rings. The topological polar surface area (TPSA) is 41.5 Å². The molecule has 6 aromatic carbocycles. The average molecular weight is 607 g/mol. The van der Waals surface area contributed by atoms with Gasteiger partial charge >= 0.3 is 0 Å². The highest BCUT2D eigenvalue weighted by Gasteiger charge is 2.25. The molecule has 0 aliphatic heterocycles. The lowest BCUT2D eigenvalue weighted by Crippen LogP contribution is -2.15. The lowest BCUT2D eigenvalue weighted by atomic mass is 10.1. The number of nitrogens with zero attached hydrogens (tertiary/aromatic N) is 4. The number of hydrogen-bond donors (Lipinski definition) is 0. The van der Waals surface area contributed by atoms with Gasteiger partial charge < -0.3 is 14.5 Å². The first kappa shape index (κ1) is 28.0. The Morgan fingerprint density at radius 3 is 1.32 bits per heavy atom. The quantitative estimate of drug-likeness (QED) is 0.161. The summed E-state index contributed by atoms with van der Waals surface area (Å²) in [7, 11) is 0. The van der Waals surface area contributed by atoms with E-state index >= 15 is 0 Å². The molecule has 0 saturated heterocycles. The van der Waals surface area contributed by atoms with Crippen LogP contribution in [0.3, 0.4) is 0 Å². The van der Waals surface area contributed by atoms with Gasteiger partial charge in [-0.25, -0.2) is 4.98 Å². The van der Waals surface area contributed by atoms with Gasteiger partial charge in [0, 0.05) is 45.8 Å². The fraction of sp³-hybridized carbons (Fsp3) is 0. The van der Waals surface area contributed by atoms with E-state index in [0.29, 0.717) is 11.6 Å². The second-order valence-electron chi connectivity index (χ2n) is 11.1. The summed E-state index contributed by atoms with van der Waals surface area (Å²) >= 11 is 0. The van der Waals surface area contributed by atoms with Crippen LogP contribution in [0.25, 0.3) is 21.8 Å². The van der Waals surface area contributed by atoms with E-state index in [9.17, 15) is 0 Å². The maximum atomic E-state index is 7.02. The molecule has 0 N–H and O–H groups in total. The van der Waals surface area contributed by atoms with E-state index in [2.05, 4.69) is 148 Å². The van der Waals surface area contributed by atoms with Gasteiger partial charge in [0.05, 0.1) is 16.9 Å². The van der Waals surface area contributed by atoms with Gasteiger partial charge in [0.1, 0.15) is 5.52 Å². The molecule has 5 heteroatoms. The normalized spacial score (nSPS) is 11.0. The molecule has 0 radical (unpaired) electrons. The molecule has 0 amide bonds. The fourth-order valence-electron chi connectivity index (χ4n) is 6.00. The minimum atomic E-state index is 0.478. The van der Waals surface area contributed by atoms with E-state index in [1.165, 1.54) is 0 Å². The van der Waals surface area contributed by atoms with E-state index in [1.807, 2.05) is 42.5 Å². The summed E-state index contributed by atoms with van der Waals surface area (Å²) in [6.07, 6.45) is 1.81. The first-order chi connectivity index (χ1) is 23.3. The number of fused-ring (bicyclic) bond motifs is 3. The van der Waals surface area contributed by atoms with Crippen LogP contribution in [0.5, 0.6) is 11.6 Å². The highest BCUT2D eigenvalue weighted by Crippen LogP contribution is 2.49. The van der Waals surface area contributed by atoms with Crippen LogP contribution >= 0.6 is 0 Å². The number of aromatic nitrogens is 2. The Morgan fingerprint density at radius 2 is 0.830 bits per heavy atom. The molecule has 2 heterocycles. The van der Waals surface area contributed by atoms with Crippen molar-refractivity contribution in [3.63, 3.8) is 0 Å². The van der Waals surface area contributed by atoms with Crippen molar-refractivity contribution in [3.05, 3.63) is 182 Å². The SMILES string of the molecule is c1ccc(N(c2ccccc2)c2cccc(N(c3ccccc3)c3ccccc3)c2Oc2ccc3ccc4cccnc4c3n2)cc1. The minimum Gasteiger partial charge on any atom is -0.435 e. The molecule has 0 spiro atoms. The molecule has 5 nitrogen and oxygen atoms in total. The molecule has 0 bridgehead atoms. The van der Waals surface area contributed by atoms with Crippen LogP contribution in [-0.4, -0.2) is 9.97 Å². The predicted octanol–water partition coefficient (Wildman–Crippen LogP) is 11.5. The number of rotatable bonds is 8. The van der Waals surface area contributed by atoms with Crippen LogP contribution in [0.2, 0.25) is 0 Å². The van der Waals surface area contributed by atoms with Gasteiger partial charge in [0.2, 0.25) is 5.88 Å². The van der Waals surface area contributed by atoms with Gasteiger partial charge in [-0.2, -0.15) is 0 Å². The molecule has 0 saturated carbocycles. The first-order valence-electron chi connectivity index (χ1n) is 15.6. The van der Waals surface area contributed by atoms with E-state index in [-0.39, 0.29) is 0 Å². The second kappa shape index (κ2) is 12.5. The van der Waals surface area contributed by atoms with Crippen LogP contribution < -0.4 is 14.5 Å². The summed E-state index contributed by atoms with van der Waals surface area (Å²) < 4.78 is 7.02. The number of pyridine rings is 2. The Balaban J connectivity index is 1.39. The van der Waals surface area contributed by atoms with Crippen molar-refractivity contribution in [3.8, 4) is 11.6 Å². The summed E-state index contributed by atoms with van der Waals surface area (Å²) in [5.41, 5.74) is 7.41. The predicted molar refractivity (Wildman–Crippen MR) is 193 cm³/mol. The first-order valence-corrected chi connectivity index (χ1v) is 15.6. The summed E-state index contributed by atoms with van der Waals surface area (Å²) in [6, 6.07) is 59.9. The number of benzene rings is 6. The maximum Gasteiger partial charge on any atom is 0.220 e. The molecule has 0 atom stereocenters. The highest BCUT2D eigenvalue weighted by molar-refractivity contribution is 6.02. The van der Waals surface area contributed by atoms with Crippen molar-refractivity contribution in [2.24, 2.45) is 0 Å². The number of para-hydroxylation sites is 5. The Labute approximate surface area is 273 Å². The molecule has 0 unspecified atom stereocenters. The van der Waals surface area contributed by atoms with Crippen LogP contribution in [-0.2, 0) is 0 Å². The molecular formula is C42H30N4O. The smallest absolute Gasteiger partial charge is 0.220 e. The summed E-state index contributed by atoms with van der Waals surface area (Å²) in [5, 5.41) is 2.03. The molecule has 224 valence electrons. The Kier molecular flexibility index (Phi) is 7.46. The Bertz CT molecular complexity index is 2100. The Hall–Kier alpha value is -6.46. The van der Waals surface area contributed by atoms with Crippen LogP contribution in [0, 0.1) is 0 Å². The standard InChI is InChI=1S/C42H30N4O/c1-5-16-33(17-6-1)45(34-18-7-2-8-19-34)37-24-13-25-38(46(35-20-9-3-10-21-35)36-22-11-4-12-23-36)42(37)47-39-29-28-32-27-26-31-15-14-30-43-40(31)41(32)44-39/h1-30H. The van der Waals surface area contributed by atoms with Crippen LogP contribution in [0.15, 0.2) is 182 Å². The van der Waals surface area contributed by atoms with E-state index in [4.69, 9.17) is 9.72 Å². The molecule has 0 aliphatic carbocycles. The highest BCUT2D eigenvalue weighted by atomic mass is 16.5. The van der Waals surface area contributed by atoms with Gasteiger partial charge in [-0.1, -0.05) is 97.1 Å². The monoisotopic (exact) mass is 606 g/mol. The van der Waals surface area contributed by atoms with Gasteiger partial charge in [-0.05, 0) is 72.8 Å². The lowest BCUT2D eigenvalue weighted by Gasteiger charge is -2.32. The van der Waals surface area contributed by atoms with Crippen molar-refractivity contribution in [1.29, 1.82) is 0 Å². The third kappa shape index (κ3) is 5.51.